The van der Waals surface area contributed by atoms with Gasteiger partial charge in [-0.3, -0.25) is 0 Å². The van der Waals surface area contributed by atoms with E-state index in [1.54, 1.807) is 0 Å². The van der Waals surface area contributed by atoms with Crippen LogP contribution in [0.1, 0.15) is 0 Å². The molecule has 0 aromatic heterocycles. The van der Waals surface area contributed by atoms with Crippen LogP contribution in [0.3, 0.4) is 0 Å². The normalized spacial score (nSPS) is 16.5. The average molecular weight is 472 g/mol. The summed E-state index contributed by atoms with van der Waals surface area (Å²) in [6, 6.07) is 0. The van der Waals surface area contributed by atoms with E-state index in [0.29, 0.717) is 22.6 Å². The van der Waals surface area contributed by atoms with Gasteiger partial charge in [-0.2, -0.15) is 57.1 Å². The number of halogens is 14. The van der Waals surface area contributed by atoms with Gasteiger partial charge in [0.05, 0.1) is 0 Å². The van der Waals surface area contributed by atoms with Gasteiger partial charge in [0.1, 0.15) is 0 Å². The van der Waals surface area contributed by atoms with Gasteiger partial charge in [-0.05, 0) is 10.2 Å². The Morgan fingerprint density at radius 2 is 0.818 bits per heavy atom. The van der Waals surface area contributed by atoms with Crippen molar-refractivity contribution < 1.29 is 57.1 Å². The second-order valence-corrected chi connectivity index (χ2v) is 4.46. The molecule has 0 rings (SSSR count). The van der Waals surface area contributed by atoms with E-state index < -0.39 is 41.9 Å². The zero-order valence-electron chi connectivity index (χ0n) is 9.45. The smallest absolute Gasteiger partial charge is 0.198 e. The molecule has 0 saturated carbocycles. The van der Waals surface area contributed by atoms with E-state index in [1.165, 1.54) is 0 Å². The minimum absolute atomic E-state index is 0.376. The first kappa shape index (κ1) is 21.6. The molecule has 0 amide bonds. The molecule has 0 aliphatic heterocycles. The predicted octanol–water partition coefficient (Wildman–Crippen LogP) is 5.88. The van der Waals surface area contributed by atoms with Crippen LogP contribution in [0.5, 0.6) is 0 Å². The Labute approximate surface area is 126 Å². The molecule has 0 heterocycles. The molecule has 0 spiro atoms. The maximum Gasteiger partial charge on any atom is 0.459 e. The van der Waals surface area contributed by atoms with Crippen molar-refractivity contribution in [3.05, 3.63) is 10.2 Å². The molecular formula is C8H2F13I. The largest absolute Gasteiger partial charge is 0.459 e. The van der Waals surface area contributed by atoms with Crippen molar-refractivity contribution in [1.29, 1.82) is 0 Å². The summed E-state index contributed by atoms with van der Waals surface area (Å²) in [6.45, 7) is 0. The molecule has 0 aromatic carbocycles. The Balaban J connectivity index is 6.84. The maximum absolute atomic E-state index is 13.2. The number of hydrogen-bond donors (Lipinski definition) is 0. The molecule has 0 fully saturated rings. The Hall–Kier alpha value is -0.440. The van der Waals surface area contributed by atoms with Crippen LogP contribution in [0.15, 0.2) is 10.2 Å². The van der Waals surface area contributed by atoms with Crippen LogP contribution in [0.25, 0.3) is 0 Å². The van der Waals surface area contributed by atoms with Crippen LogP contribution in [0, 0.1) is 5.41 Å². The minimum Gasteiger partial charge on any atom is -0.198 e. The van der Waals surface area contributed by atoms with Crippen molar-refractivity contribution in [2.24, 2.45) is 5.41 Å². The Kier molecular flexibility index (Phi) is 5.46. The van der Waals surface area contributed by atoms with Gasteiger partial charge in [-0.15, -0.1) is 0 Å². The third kappa shape index (κ3) is 2.86. The number of hydrogen-bond acceptors (Lipinski definition) is 0. The van der Waals surface area contributed by atoms with Gasteiger partial charge in [-0.1, -0.05) is 22.6 Å². The molecule has 22 heavy (non-hydrogen) atoms. The van der Waals surface area contributed by atoms with Gasteiger partial charge in [0.25, 0.3) is 0 Å². The van der Waals surface area contributed by atoms with Crippen LogP contribution in [0.2, 0.25) is 0 Å². The highest BCUT2D eigenvalue weighted by Gasteiger charge is 2.91. The van der Waals surface area contributed by atoms with Gasteiger partial charge < -0.3 is 0 Å². The molecule has 132 valence electrons. The predicted molar refractivity (Wildman–Crippen MR) is 53.7 cm³/mol. The van der Waals surface area contributed by atoms with Crippen molar-refractivity contribution in [3.63, 3.8) is 0 Å². The van der Waals surface area contributed by atoms with Gasteiger partial charge in [0.15, 0.2) is 0 Å². The fraction of sp³-hybridized carbons (Fsp3) is 0.750. The summed E-state index contributed by atoms with van der Waals surface area (Å²) in [4.78, 5) is 0. The minimum atomic E-state index is -7.60. The van der Waals surface area contributed by atoms with Gasteiger partial charge >= 0.3 is 30.4 Å². The van der Waals surface area contributed by atoms with E-state index in [2.05, 4.69) is 0 Å². The maximum atomic E-state index is 13.2. The highest BCUT2D eigenvalue weighted by Crippen LogP contribution is 2.66. The van der Waals surface area contributed by atoms with E-state index in [0.717, 1.165) is 0 Å². The second kappa shape index (κ2) is 5.58. The van der Waals surface area contributed by atoms with E-state index in [4.69, 9.17) is 0 Å². The Morgan fingerprint density at radius 3 is 1.00 bits per heavy atom. The van der Waals surface area contributed by atoms with E-state index >= 15 is 0 Å². The van der Waals surface area contributed by atoms with Gasteiger partial charge in [0, 0.05) is 0 Å². The molecule has 0 aromatic rings. The van der Waals surface area contributed by atoms with Crippen molar-refractivity contribution in [1.82, 2.24) is 0 Å². The lowest BCUT2D eigenvalue weighted by Crippen LogP contribution is -2.69. The molecule has 14 heteroatoms. The molecule has 0 aliphatic carbocycles. The van der Waals surface area contributed by atoms with Gasteiger partial charge in [-0.25, -0.2) is 0 Å². The SMILES string of the molecule is FC(F)(F)C(F)(F)C(F)(F)C(C=CI)(C(F)(F)F)C(F)(F)F. The summed E-state index contributed by atoms with van der Waals surface area (Å²) >= 11 is 0.542. The van der Waals surface area contributed by atoms with Crippen LogP contribution < -0.4 is 0 Å². The number of rotatable bonds is 3. The molecule has 0 radical (unpaired) electrons. The molecule has 0 atom stereocenters. The molecule has 0 N–H and O–H groups in total. The summed E-state index contributed by atoms with van der Waals surface area (Å²) in [5.41, 5.74) is -6.73. The fourth-order valence-electron chi connectivity index (χ4n) is 1.33. The number of alkyl halides is 13. The van der Waals surface area contributed by atoms with E-state index in [1.807, 2.05) is 0 Å². The lowest BCUT2D eigenvalue weighted by Gasteiger charge is -2.43. The summed E-state index contributed by atoms with van der Waals surface area (Å²) in [5, 5.41) is 0. The van der Waals surface area contributed by atoms with Crippen LogP contribution in [0.4, 0.5) is 57.1 Å². The van der Waals surface area contributed by atoms with Crippen molar-refractivity contribution in [2.75, 3.05) is 0 Å². The third-order valence-corrected chi connectivity index (χ3v) is 2.81. The molecule has 0 bridgehead atoms. The summed E-state index contributed by atoms with van der Waals surface area (Å²) in [7, 11) is 0. The Morgan fingerprint density at radius 1 is 0.500 bits per heavy atom. The molecule has 0 unspecified atom stereocenters. The lowest BCUT2D eigenvalue weighted by molar-refractivity contribution is -0.445. The molecular weight excluding hydrogens is 470 g/mol. The average Bonchev–Trinajstić information content (AvgIpc) is 2.19. The van der Waals surface area contributed by atoms with Gasteiger partial charge in [0.2, 0.25) is 5.41 Å². The van der Waals surface area contributed by atoms with Crippen molar-refractivity contribution >= 4 is 22.6 Å². The zero-order valence-corrected chi connectivity index (χ0v) is 11.6. The fourth-order valence-corrected chi connectivity index (χ4v) is 1.87. The van der Waals surface area contributed by atoms with Crippen LogP contribution in [-0.2, 0) is 0 Å². The lowest BCUT2D eigenvalue weighted by atomic mass is 9.76. The van der Waals surface area contributed by atoms with E-state index in [-0.39, 0.29) is 4.08 Å². The van der Waals surface area contributed by atoms with Crippen molar-refractivity contribution in [2.45, 2.75) is 30.4 Å². The van der Waals surface area contributed by atoms with Crippen LogP contribution >= 0.6 is 22.6 Å². The molecule has 0 nitrogen and oxygen atoms in total. The first-order chi connectivity index (χ1) is 9.31. The highest BCUT2D eigenvalue weighted by molar-refractivity contribution is 14.1. The van der Waals surface area contributed by atoms with E-state index in [9.17, 15) is 57.1 Å². The summed E-state index contributed by atoms with van der Waals surface area (Å²) in [5.74, 6) is -15.2. The molecule has 0 aliphatic rings. The molecule has 0 saturated heterocycles. The summed E-state index contributed by atoms with van der Waals surface area (Å²) in [6.07, 6.45) is -23.2. The monoisotopic (exact) mass is 472 g/mol. The highest BCUT2D eigenvalue weighted by atomic mass is 127. The zero-order chi connectivity index (χ0) is 18.4. The first-order valence-corrected chi connectivity index (χ1v) is 5.79. The topological polar surface area (TPSA) is 0 Å². The standard InChI is InChI=1S/C8H2F13I/c9-4(10,5(11,12)8(19,20)21)3(1-2-22,6(13,14)15)7(16,17)18/h1-2H. The number of allylic oxidation sites excluding steroid dienone is 1. The van der Waals surface area contributed by atoms with Crippen molar-refractivity contribution in [3.8, 4) is 0 Å². The first-order valence-electron chi connectivity index (χ1n) is 4.55. The Bertz CT molecular complexity index is 409. The quantitative estimate of drug-likeness (QED) is 0.356. The third-order valence-electron chi connectivity index (χ3n) is 2.45. The van der Waals surface area contributed by atoms with Crippen LogP contribution in [-0.4, -0.2) is 30.4 Å². The summed E-state index contributed by atoms with van der Waals surface area (Å²) < 4.78 is 162. The second-order valence-electron chi connectivity index (χ2n) is 3.74.